The van der Waals surface area contributed by atoms with Crippen molar-refractivity contribution in [2.75, 3.05) is 26.7 Å². The highest BCUT2D eigenvalue weighted by molar-refractivity contribution is 5.99. The van der Waals surface area contributed by atoms with Crippen LogP contribution in [0.3, 0.4) is 0 Å². The van der Waals surface area contributed by atoms with Crippen LogP contribution >= 0.6 is 0 Å². The van der Waals surface area contributed by atoms with Gasteiger partial charge >= 0.3 is 6.18 Å². The highest BCUT2D eigenvalue weighted by Gasteiger charge is 2.77. The van der Waals surface area contributed by atoms with E-state index in [1.807, 2.05) is 6.07 Å². The van der Waals surface area contributed by atoms with E-state index in [4.69, 9.17) is 9.47 Å². The standard InChI is InChI=1S/C39H45F3N2O4/c1-25(2)24-44(19-17-26-11-6-4-7-12-26)20-18-37-29-15-10-16-33(37)48-38(34(47-3)23-32(45)28(35(37)38)22-31(29)44)43-36(46)30(39(40,41)42)21-27-13-8-5-9-14-27/h4-9,11-14,21,23,25,29,31,33,35H,10,15-20,22,24H2,1-3H3,(H-,43,45,46)/p+1/t29-,31+,33-,35?,37+,38?,44?/m0/s1. The molecule has 9 heteroatoms. The van der Waals surface area contributed by atoms with Gasteiger partial charge in [-0.1, -0.05) is 80.9 Å². The van der Waals surface area contributed by atoms with Crippen LogP contribution in [-0.4, -0.2) is 66.3 Å². The first kappa shape index (κ1) is 33.0. The normalized spacial score (nSPS) is 34.1. The molecule has 2 heterocycles. The number of quaternary nitrogens is 1. The number of benzene rings is 2. The van der Waals surface area contributed by atoms with Crippen LogP contribution in [0.1, 0.15) is 57.1 Å². The number of likely N-dealkylation sites (tertiary alicyclic amines) is 1. The number of aliphatic hydroxyl groups is 1. The minimum Gasteiger partial charge on any atom is -0.508 e. The summed E-state index contributed by atoms with van der Waals surface area (Å²) in [5, 5.41) is 14.5. The number of rotatable bonds is 9. The molecule has 2 aromatic rings. The first-order valence-corrected chi connectivity index (χ1v) is 17.4. The molecule has 2 aliphatic heterocycles. The fourth-order valence-electron chi connectivity index (χ4n) is 10.5. The van der Waals surface area contributed by atoms with Gasteiger partial charge < -0.3 is 24.4 Å². The van der Waals surface area contributed by atoms with Crippen molar-refractivity contribution < 1.29 is 37.0 Å². The number of nitrogens with one attached hydrogen (secondary N) is 1. The molecular formula is C39H46F3N2O4+. The van der Waals surface area contributed by atoms with E-state index in [0.29, 0.717) is 12.3 Å². The molecule has 1 amide bonds. The average molecular weight is 664 g/mol. The van der Waals surface area contributed by atoms with Gasteiger partial charge in [-0.05, 0) is 35.6 Å². The lowest BCUT2D eigenvalue weighted by Crippen LogP contribution is -2.73. The second-order valence-electron chi connectivity index (χ2n) is 15.0. The van der Waals surface area contributed by atoms with Gasteiger partial charge in [0, 0.05) is 48.5 Å². The van der Waals surface area contributed by atoms with Crippen molar-refractivity contribution in [2.45, 2.75) is 76.4 Å². The Hall–Kier alpha value is -3.56. The van der Waals surface area contributed by atoms with Crippen molar-refractivity contribution in [3.05, 3.63) is 101 Å². The molecule has 5 aliphatic rings. The molecule has 256 valence electrons. The molecule has 1 spiro atoms. The van der Waals surface area contributed by atoms with Gasteiger partial charge in [-0.25, -0.2) is 0 Å². The summed E-state index contributed by atoms with van der Waals surface area (Å²) in [6, 6.07) is 18.8. The Morgan fingerprint density at radius 1 is 1.12 bits per heavy atom. The number of aliphatic hydroxyl groups excluding tert-OH is 1. The number of amides is 1. The summed E-state index contributed by atoms with van der Waals surface area (Å²) < 4.78 is 57.4. The monoisotopic (exact) mass is 663 g/mol. The molecule has 4 fully saturated rings. The first-order chi connectivity index (χ1) is 22.9. The Kier molecular flexibility index (Phi) is 8.30. The third-order valence-electron chi connectivity index (χ3n) is 12.0. The molecule has 0 radical (unpaired) electrons. The van der Waals surface area contributed by atoms with Crippen LogP contribution in [0.25, 0.3) is 6.08 Å². The van der Waals surface area contributed by atoms with E-state index < -0.39 is 34.7 Å². The minimum atomic E-state index is -4.91. The topological polar surface area (TPSA) is 67.8 Å². The van der Waals surface area contributed by atoms with Crippen LogP contribution in [0.5, 0.6) is 0 Å². The molecule has 6 nitrogen and oxygen atoms in total. The smallest absolute Gasteiger partial charge is 0.421 e. The fraction of sp³-hybridized carbons (Fsp3) is 0.513. The molecule has 2 N–H and O–H groups in total. The number of nitrogens with zero attached hydrogens (tertiary/aromatic N) is 1. The number of piperidine rings is 1. The van der Waals surface area contributed by atoms with E-state index in [1.165, 1.54) is 30.9 Å². The van der Waals surface area contributed by atoms with E-state index in [-0.39, 0.29) is 35.1 Å². The molecule has 2 saturated carbocycles. The molecular weight excluding hydrogens is 617 g/mol. The average Bonchev–Trinajstić information content (AvgIpc) is 3.34. The molecule has 2 saturated heterocycles. The maximum atomic E-state index is 14.6. The van der Waals surface area contributed by atoms with Gasteiger partial charge in [-0.3, -0.25) is 4.79 Å². The summed E-state index contributed by atoms with van der Waals surface area (Å²) in [6.45, 7) is 7.44. The maximum absolute atomic E-state index is 14.6. The van der Waals surface area contributed by atoms with Gasteiger partial charge in [0.05, 0.1) is 38.9 Å². The zero-order valence-corrected chi connectivity index (χ0v) is 27.9. The predicted molar refractivity (Wildman–Crippen MR) is 177 cm³/mol. The van der Waals surface area contributed by atoms with Gasteiger partial charge in [0.2, 0.25) is 5.72 Å². The fourth-order valence-corrected chi connectivity index (χ4v) is 10.5. The lowest BCUT2D eigenvalue weighted by molar-refractivity contribution is -0.966. The summed E-state index contributed by atoms with van der Waals surface area (Å²) in [5.41, 5.74) is -1.09. The van der Waals surface area contributed by atoms with Crippen LogP contribution < -0.4 is 5.32 Å². The number of hydrogen-bond acceptors (Lipinski definition) is 4. The summed E-state index contributed by atoms with van der Waals surface area (Å²) in [4.78, 5) is 13.9. The Morgan fingerprint density at radius 3 is 2.50 bits per heavy atom. The van der Waals surface area contributed by atoms with E-state index in [0.717, 1.165) is 67.9 Å². The predicted octanol–water partition coefficient (Wildman–Crippen LogP) is 7.49. The Balaban J connectivity index is 1.31. The lowest BCUT2D eigenvalue weighted by atomic mass is 9.46. The lowest BCUT2D eigenvalue weighted by Gasteiger charge is -2.65. The number of methoxy groups -OCH3 is 1. The Morgan fingerprint density at radius 2 is 1.83 bits per heavy atom. The third-order valence-corrected chi connectivity index (χ3v) is 12.0. The summed E-state index contributed by atoms with van der Waals surface area (Å²) >= 11 is 0. The number of carbonyl (C=O) groups is 1. The zero-order valence-electron chi connectivity index (χ0n) is 27.9. The molecule has 2 aromatic carbocycles. The van der Waals surface area contributed by atoms with Crippen LogP contribution in [-0.2, 0) is 20.7 Å². The minimum absolute atomic E-state index is 0.0860. The maximum Gasteiger partial charge on any atom is 0.421 e. The van der Waals surface area contributed by atoms with Crippen LogP contribution in [0.4, 0.5) is 13.2 Å². The van der Waals surface area contributed by atoms with E-state index >= 15 is 0 Å². The van der Waals surface area contributed by atoms with E-state index in [2.05, 4.69) is 43.4 Å². The number of halogens is 3. The quantitative estimate of drug-likeness (QED) is 0.216. The number of allylic oxidation sites excluding steroid dienone is 1. The van der Waals surface area contributed by atoms with Crippen molar-refractivity contribution in [3.8, 4) is 0 Å². The van der Waals surface area contributed by atoms with Gasteiger partial charge in [-0.15, -0.1) is 0 Å². The van der Waals surface area contributed by atoms with Gasteiger partial charge in [0.25, 0.3) is 5.91 Å². The van der Waals surface area contributed by atoms with E-state index in [9.17, 15) is 23.1 Å². The second kappa shape index (κ2) is 12.1. The summed E-state index contributed by atoms with van der Waals surface area (Å²) in [5.74, 6) is -0.909. The van der Waals surface area contributed by atoms with Crippen LogP contribution in [0, 0.1) is 23.2 Å². The molecule has 7 atom stereocenters. The molecule has 3 unspecified atom stereocenters. The number of hydrogen-bond donors (Lipinski definition) is 2. The Bertz CT molecular complexity index is 1640. The van der Waals surface area contributed by atoms with Gasteiger partial charge in [0.1, 0.15) is 11.3 Å². The molecule has 0 aromatic heterocycles. The van der Waals surface area contributed by atoms with Crippen LogP contribution in [0.15, 0.2) is 89.4 Å². The number of carbonyl (C=O) groups excluding carboxylic acids is 1. The molecule has 3 aliphatic carbocycles. The summed E-state index contributed by atoms with van der Waals surface area (Å²) in [6.07, 6.45) is 2.12. The SMILES string of the molecule is COC1=CC(O)=C2C[C@@H]3[C@@H]4CCC[C@@H]5OC1(NC(=O)C(=Cc1ccccc1)C(F)(F)F)C2[C@@]54CC[N+]3(CCc1ccccc1)CC(C)C. The van der Waals surface area contributed by atoms with Crippen molar-refractivity contribution >= 4 is 12.0 Å². The van der Waals surface area contributed by atoms with Gasteiger partial charge in [-0.2, -0.15) is 13.2 Å². The van der Waals surface area contributed by atoms with Crippen molar-refractivity contribution in [3.63, 3.8) is 0 Å². The number of alkyl halides is 3. The number of ether oxygens (including phenoxy) is 2. The second-order valence-corrected chi connectivity index (χ2v) is 15.0. The third kappa shape index (κ3) is 5.20. The van der Waals surface area contributed by atoms with Gasteiger partial charge in [0.15, 0.2) is 5.76 Å². The van der Waals surface area contributed by atoms with Crippen molar-refractivity contribution in [1.29, 1.82) is 0 Å². The van der Waals surface area contributed by atoms with E-state index in [1.54, 1.807) is 18.2 Å². The van der Waals surface area contributed by atoms with Crippen molar-refractivity contribution in [1.82, 2.24) is 5.32 Å². The molecule has 7 rings (SSSR count). The molecule has 2 bridgehead atoms. The van der Waals surface area contributed by atoms with Crippen LogP contribution in [0.2, 0.25) is 0 Å². The highest BCUT2D eigenvalue weighted by atomic mass is 19.4. The largest absolute Gasteiger partial charge is 0.508 e. The summed E-state index contributed by atoms with van der Waals surface area (Å²) in [7, 11) is 1.42. The molecule has 48 heavy (non-hydrogen) atoms. The Labute approximate surface area is 280 Å². The van der Waals surface area contributed by atoms with Crippen molar-refractivity contribution in [2.24, 2.45) is 23.2 Å². The zero-order chi connectivity index (χ0) is 33.9. The first-order valence-electron chi connectivity index (χ1n) is 17.4. The highest BCUT2D eigenvalue weighted by Crippen LogP contribution is 2.71.